The van der Waals surface area contributed by atoms with Crippen LogP contribution in [0.4, 0.5) is 0 Å². The van der Waals surface area contributed by atoms with Crippen molar-refractivity contribution in [3.63, 3.8) is 0 Å². The molecule has 6 rings (SSSR count). The van der Waals surface area contributed by atoms with Crippen molar-refractivity contribution in [2.75, 3.05) is 35.0 Å². The zero-order valence-corrected chi connectivity index (χ0v) is 23.8. The van der Waals surface area contributed by atoms with Gasteiger partial charge in [-0.2, -0.15) is 0 Å². The van der Waals surface area contributed by atoms with E-state index in [1.807, 2.05) is 6.79 Å². The summed E-state index contributed by atoms with van der Waals surface area (Å²) in [5.74, 6) is 2.73. The monoisotopic (exact) mass is 532 g/mol. The van der Waals surface area contributed by atoms with E-state index in [1.165, 1.54) is 39.2 Å². The maximum Gasteiger partial charge on any atom is 0.161 e. The first kappa shape index (κ1) is 28.5. The number of rotatable bonds is 5. The molecule has 0 radical (unpaired) electrons. The van der Waals surface area contributed by atoms with Gasteiger partial charge in [0, 0.05) is 56.7 Å². The minimum Gasteiger partial charge on any atom is -0.501 e. The zero-order chi connectivity index (χ0) is 27.9. The molecule has 1 N–H and O–H groups in total. The zero-order valence-electron chi connectivity index (χ0n) is 23.8. The third-order valence-corrected chi connectivity index (χ3v) is 7.67. The van der Waals surface area contributed by atoms with Gasteiger partial charge in [0.05, 0.1) is 20.0 Å². The number of methoxy groups -OCH3 is 3. The topological polar surface area (TPSA) is 73.0 Å². The molecule has 1 aliphatic carbocycles. The number of H-pyrrole nitrogens is 1. The van der Waals surface area contributed by atoms with Gasteiger partial charge < -0.3 is 28.7 Å². The normalized spacial score (nSPS) is 16.9. The van der Waals surface area contributed by atoms with Crippen molar-refractivity contribution in [2.24, 2.45) is 0 Å². The summed E-state index contributed by atoms with van der Waals surface area (Å²) in [4.78, 5) is 14.3. The molecule has 208 valence electrons. The smallest absolute Gasteiger partial charge is 0.161 e. The van der Waals surface area contributed by atoms with Gasteiger partial charge in [-0.05, 0) is 66.6 Å². The number of allylic oxidation sites excluding steroid dienone is 1. The van der Waals surface area contributed by atoms with Gasteiger partial charge in [-0.1, -0.05) is 29.8 Å². The Balaban J connectivity index is 0.000000662. The minimum atomic E-state index is 0.359. The molecule has 0 saturated carbocycles. The molecule has 7 nitrogen and oxygen atoms in total. The third kappa shape index (κ3) is 6.05. The average molecular weight is 533 g/mol. The molecule has 2 aromatic carbocycles. The van der Waals surface area contributed by atoms with Crippen LogP contribution in [0.3, 0.4) is 0 Å². The van der Waals surface area contributed by atoms with E-state index in [4.69, 9.17) is 19.0 Å². The number of hydrogen-bond donors (Lipinski definition) is 1. The maximum atomic E-state index is 8.00. The fraction of sp³-hybridized carbons (Fsp3) is 0.406. The number of carbonyl (C=O) groups excluding carboxylic acids is 1. The molecular weight excluding hydrogens is 492 g/mol. The van der Waals surface area contributed by atoms with E-state index in [1.54, 1.807) is 28.4 Å². The van der Waals surface area contributed by atoms with E-state index < -0.39 is 0 Å². The Morgan fingerprint density at radius 2 is 1.69 bits per heavy atom. The molecule has 0 fully saturated rings. The van der Waals surface area contributed by atoms with Gasteiger partial charge >= 0.3 is 0 Å². The van der Waals surface area contributed by atoms with Crippen molar-refractivity contribution in [2.45, 2.75) is 51.8 Å². The first-order valence-electron chi connectivity index (χ1n) is 13.3. The molecular formula is C32H40N2O5. The molecule has 0 saturated heterocycles. The number of nitrogens with zero attached hydrogens (tertiary/aromatic N) is 1. The van der Waals surface area contributed by atoms with Crippen LogP contribution >= 0.6 is 0 Å². The second-order valence-corrected chi connectivity index (χ2v) is 10.1. The number of aromatic amines is 1. The van der Waals surface area contributed by atoms with Crippen LogP contribution in [0.2, 0.25) is 0 Å². The molecule has 3 aromatic rings. The Kier molecular flexibility index (Phi) is 9.49. The Morgan fingerprint density at radius 1 is 0.949 bits per heavy atom. The summed E-state index contributed by atoms with van der Waals surface area (Å²) in [6, 6.07) is 13.3. The van der Waals surface area contributed by atoms with E-state index in [9.17, 15) is 0 Å². The van der Waals surface area contributed by atoms with Crippen LogP contribution in [0.5, 0.6) is 11.5 Å². The first-order chi connectivity index (χ1) is 19.0. The summed E-state index contributed by atoms with van der Waals surface area (Å²) >= 11 is 0. The van der Waals surface area contributed by atoms with Crippen molar-refractivity contribution >= 4 is 12.9 Å². The molecule has 2 aliphatic heterocycles. The predicted molar refractivity (Wildman–Crippen MR) is 153 cm³/mol. The Labute approximate surface area is 231 Å². The second kappa shape index (κ2) is 13.0. The number of benzene rings is 2. The van der Waals surface area contributed by atoms with Gasteiger partial charge in [0.2, 0.25) is 0 Å². The highest BCUT2D eigenvalue weighted by molar-refractivity contribution is 5.63. The predicted octanol–water partition coefficient (Wildman–Crippen LogP) is 5.58. The van der Waals surface area contributed by atoms with E-state index in [2.05, 4.69) is 64.0 Å². The van der Waals surface area contributed by atoms with Crippen molar-refractivity contribution in [1.82, 2.24) is 9.88 Å². The average Bonchev–Trinajstić information content (AvgIpc) is 3.33. The van der Waals surface area contributed by atoms with Crippen molar-refractivity contribution in [3.8, 4) is 11.5 Å². The number of aromatic nitrogens is 1. The minimum absolute atomic E-state index is 0.359. The summed E-state index contributed by atoms with van der Waals surface area (Å²) in [6.07, 6.45) is 6.28. The highest BCUT2D eigenvalue weighted by Gasteiger charge is 2.36. The highest BCUT2D eigenvalue weighted by Crippen LogP contribution is 2.44. The van der Waals surface area contributed by atoms with Crippen LogP contribution in [0.15, 0.2) is 42.2 Å². The van der Waals surface area contributed by atoms with Crippen LogP contribution in [0.25, 0.3) is 6.08 Å². The summed E-state index contributed by atoms with van der Waals surface area (Å²) in [6.45, 7) is 6.67. The fourth-order valence-electron chi connectivity index (χ4n) is 5.75. The van der Waals surface area contributed by atoms with Gasteiger partial charge in [0.1, 0.15) is 13.4 Å². The maximum absolute atomic E-state index is 8.00. The van der Waals surface area contributed by atoms with Gasteiger partial charge in [0.25, 0.3) is 0 Å². The molecule has 0 bridgehead atoms. The third-order valence-electron chi connectivity index (χ3n) is 7.67. The standard InChI is InChI=1S/C29H32N2O3.C2H6O.CH2O/c1-18-4-6-19(7-5-18)17-34-29-12-20-10-11-31-16-26-24(14-27(31)22(20)15-28(29)33-3)23-13-21(32-2)8-9-25(23)30-26;1-3-2;1-2/h4-7,12-13,15,27,30H,8-11,14,16-17H2,1-3H3;1-2H3;1H2. The van der Waals surface area contributed by atoms with Crippen LogP contribution in [0, 0.1) is 6.92 Å². The molecule has 1 unspecified atom stereocenters. The fourth-order valence-corrected chi connectivity index (χ4v) is 5.75. The molecule has 1 aromatic heterocycles. The SMILES string of the molecule is C=O.COC.COC1=Cc2c([nH]c3c2CC2c4cc(OC)c(OCc5ccc(C)cc5)cc4CCN2C3)CC1. The lowest BCUT2D eigenvalue weighted by molar-refractivity contribution is -0.0980. The number of carbonyl (C=O) groups is 1. The summed E-state index contributed by atoms with van der Waals surface area (Å²) in [7, 11) is 6.76. The van der Waals surface area contributed by atoms with E-state index in [-0.39, 0.29) is 0 Å². The van der Waals surface area contributed by atoms with Gasteiger partial charge in [0.15, 0.2) is 11.5 Å². The lowest BCUT2D eigenvalue weighted by Gasteiger charge is -2.41. The molecule has 1 atom stereocenters. The van der Waals surface area contributed by atoms with E-state index >= 15 is 0 Å². The molecule has 0 amide bonds. The van der Waals surface area contributed by atoms with Crippen molar-refractivity contribution < 1.29 is 23.7 Å². The summed E-state index contributed by atoms with van der Waals surface area (Å²) in [5, 5.41) is 0. The number of fused-ring (bicyclic) bond motifs is 6. The number of nitrogens with one attached hydrogen (secondary N) is 1. The van der Waals surface area contributed by atoms with Crippen LogP contribution in [-0.4, -0.2) is 51.7 Å². The Morgan fingerprint density at radius 3 is 2.38 bits per heavy atom. The van der Waals surface area contributed by atoms with Gasteiger partial charge in [-0.3, -0.25) is 4.90 Å². The van der Waals surface area contributed by atoms with Gasteiger partial charge in [-0.25, -0.2) is 0 Å². The number of ether oxygens (including phenoxy) is 4. The van der Waals surface area contributed by atoms with Crippen LogP contribution in [0.1, 0.15) is 57.2 Å². The largest absolute Gasteiger partial charge is 0.501 e. The Hall–Kier alpha value is -3.55. The lowest BCUT2D eigenvalue weighted by Crippen LogP contribution is -2.39. The molecule has 0 spiro atoms. The van der Waals surface area contributed by atoms with Crippen LogP contribution in [-0.2, 0) is 46.7 Å². The van der Waals surface area contributed by atoms with Gasteiger partial charge in [-0.15, -0.1) is 0 Å². The molecule has 3 aliphatic rings. The highest BCUT2D eigenvalue weighted by atomic mass is 16.5. The van der Waals surface area contributed by atoms with Crippen molar-refractivity contribution in [3.05, 3.63) is 86.9 Å². The van der Waals surface area contributed by atoms with Crippen LogP contribution < -0.4 is 9.47 Å². The molecule has 3 heterocycles. The summed E-state index contributed by atoms with van der Waals surface area (Å²) < 4.78 is 21.9. The number of hydrogen-bond acceptors (Lipinski definition) is 6. The quantitative estimate of drug-likeness (QED) is 0.463. The first-order valence-corrected chi connectivity index (χ1v) is 13.3. The molecule has 7 heteroatoms. The second-order valence-electron chi connectivity index (χ2n) is 10.1. The van der Waals surface area contributed by atoms with E-state index in [0.29, 0.717) is 12.6 Å². The van der Waals surface area contributed by atoms with E-state index in [0.717, 1.165) is 61.6 Å². The lowest BCUT2D eigenvalue weighted by atomic mass is 9.84. The Bertz CT molecular complexity index is 1290. The summed E-state index contributed by atoms with van der Waals surface area (Å²) in [5.41, 5.74) is 10.7. The van der Waals surface area contributed by atoms with Crippen molar-refractivity contribution in [1.29, 1.82) is 0 Å². The molecule has 39 heavy (non-hydrogen) atoms. The number of aryl methyl sites for hydroxylation is 2.